The van der Waals surface area contributed by atoms with Gasteiger partial charge in [-0.15, -0.1) is 0 Å². The summed E-state index contributed by atoms with van der Waals surface area (Å²) in [7, 11) is 1.73. The van der Waals surface area contributed by atoms with Crippen molar-refractivity contribution in [3.63, 3.8) is 0 Å². The van der Waals surface area contributed by atoms with Gasteiger partial charge >= 0.3 is 0 Å². The summed E-state index contributed by atoms with van der Waals surface area (Å²) in [4.78, 5) is 2.41. The fraction of sp³-hybridized carbons (Fsp3) is 0.625. The number of hydrogen-bond acceptors (Lipinski definition) is 3. The molecule has 0 aromatic heterocycles. The molecule has 0 saturated heterocycles. The Kier molecular flexibility index (Phi) is 7.34. The van der Waals surface area contributed by atoms with Crippen LogP contribution in [0.15, 0.2) is 24.3 Å². The Balaban J connectivity index is 2.82. The van der Waals surface area contributed by atoms with Crippen LogP contribution >= 0.6 is 0 Å². The molecule has 108 valence electrons. The molecule has 19 heavy (non-hydrogen) atoms. The van der Waals surface area contributed by atoms with Gasteiger partial charge < -0.3 is 15.4 Å². The van der Waals surface area contributed by atoms with Gasteiger partial charge in [-0.1, -0.05) is 32.4 Å². The molecule has 0 radical (unpaired) electrons. The van der Waals surface area contributed by atoms with Crippen molar-refractivity contribution >= 4 is 5.69 Å². The van der Waals surface area contributed by atoms with Gasteiger partial charge in [0, 0.05) is 13.1 Å². The second-order valence-electron chi connectivity index (χ2n) is 5.15. The van der Waals surface area contributed by atoms with E-state index in [1.807, 2.05) is 12.1 Å². The zero-order chi connectivity index (χ0) is 14.1. The van der Waals surface area contributed by atoms with Gasteiger partial charge in [0.2, 0.25) is 0 Å². The highest BCUT2D eigenvalue weighted by Gasteiger charge is 2.14. The van der Waals surface area contributed by atoms with Crippen LogP contribution in [0.4, 0.5) is 5.69 Å². The first-order valence-electron chi connectivity index (χ1n) is 7.30. The third-order valence-corrected chi connectivity index (χ3v) is 3.37. The summed E-state index contributed by atoms with van der Waals surface area (Å²) in [6.45, 7) is 7.34. The number of para-hydroxylation sites is 2. The quantitative estimate of drug-likeness (QED) is 0.744. The molecule has 0 heterocycles. The lowest BCUT2D eigenvalue weighted by molar-refractivity contribution is 0.412. The van der Waals surface area contributed by atoms with Gasteiger partial charge in [0.25, 0.3) is 0 Å². The van der Waals surface area contributed by atoms with E-state index in [2.05, 4.69) is 30.9 Å². The van der Waals surface area contributed by atoms with Crippen molar-refractivity contribution in [3.05, 3.63) is 24.3 Å². The smallest absolute Gasteiger partial charge is 0.142 e. The minimum Gasteiger partial charge on any atom is -0.495 e. The number of rotatable bonds is 9. The number of nitrogens with two attached hydrogens (primary N) is 1. The van der Waals surface area contributed by atoms with Crippen LogP contribution in [0, 0.1) is 5.92 Å². The molecule has 1 aromatic carbocycles. The minimum absolute atomic E-state index is 0.688. The van der Waals surface area contributed by atoms with E-state index in [4.69, 9.17) is 10.5 Å². The molecule has 0 fully saturated rings. The number of ether oxygens (including phenoxy) is 1. The molecule has 0 spiro atoms. The maximum Gasteiger partial charge on any atom is 0.142 e. The molecule has 0 bridgehead atoms. The number of hydrogen-bond donors (Lipinski definition) is 1. The van der Waals surface area contributed by atoms with E-state index in [9.17, 15) is 0 Å². The van der Waals surface area contributed by atoms with Crippen molar-refractivity contribution in [1.82, 2.24) is 0 Å². The molecule has 1 rings (SSSR count). The molecule has 3 nitrogen and oxygen atoms in total. The first kappa shape index (κ1) is 15.8. The molecule has 1 atom stereocenters. The standard InChI is InChI=1S/C16H28N2O/c1-4-8-14(2)13-18(12-7-11-17)15-9-5-6-10-16(15)19-3/h5-6,9-10,14H,4,7-8,11-13,17H2,1-3H3. The van der Waals surface area contributed by atoms with Crippen LogP contribution < -0.4 is 15.4 Å². The van der Waals surface area contributed by atoms with Gasteiger partial charge in [-0.2, -0.15) is 0 Å². The van der Waals surface area contributed by atoms with Crippen molar-refractivity contribution in [2.75, 3.05) is 31.6 Å². The Morgan fingerprint density at radius 2 is 2.05 bits per heavy atom. The maximum absolute atomic E-state index is 5.66. The fourth-order valence-electron chi connectivity index (χ4n) is 2.44. The van der Waals surface area contributed by atoms with Crippen LogP contribution in [0.25, 0.3) is 0 Å². The number of anilines is 1. The van der Waals surface area contributed by atoms with Crippen molar-refractivity contribution < 1.29 is 4.74 Å². The average molecular weight is 264 g/mol. The molecule has 3 heteroatoms. The molecule has 0 amide bonds. The maximum atomic E-state index is 5.66. The Morgan fingerprint density at radius 3 is 2.68 bits per heavy atom. The summed E-state index contributed by atoms with van der Waals surface area (Å²) in [6, 6.07) is 8.24. The lowest BCUT2D eigenvalue weighted by Crippen LogP contribution is -2.31. The molecular weight excluding hydrogens is 236 g/mol. The number of nitrogens with zero attached hydrogens (tertiary/aromatic N) is 1. The molecule has 0 aliphatic rings. The molecular formula is C16H28N2O. The average Bonchev–Trinajstić information content (AvgIpc) is 2.43. The lowest BCUT2D eigenvalue weighted by atomic mass is 10.0. The van der Waals surface area contributed by atoms with Crippen molar-refractivity contribution in [2.24, 2.45) is 11.7 Å². The summed E-state index contributed by atoms with van der Waals surface area (Å²) in [5.74, 6) is 1.64. The number of benzene rings is 1. The molecule has 2 N–H and O–H groups in total. The molecule has 0 aliphatic carbocycles. The minimum atomic E-state index is 0.688. The Labute approximate surface area is 117 Å². The van der Waals surface area contributed by atoms with E-state index >= 15 is 0 Å². The van der Waals surface area contributed by atoms with Gasteiger partial charge in [-0.05, 0) is 37.4 Å². The van der Waals surface area contributed by atoms with Crippen molar-refractivity contribution in [1.29, 1.82) is 0 Å². The van der Waals surface area contributed by atoms with E-state index in [1.165, 1.54) is 18.5 Å². The molecule has 0 aliphatic heterocycles. The summed E-state index contributed by atoms with van der Waals surface area (Å²) < 4.78 is 5.47. The zero-order valence-corrected chi connectivity index (χ0v) is 12.6. The summed E-state index contributed by atoms with van der Waals surface area (Å²) in [5, 5.41) is 0. The van der Waals surface area contributed by atoms with Gasteiger partial charge in [0.1, 0.15) is 5.75 Å². The molecule has 1 aromatic rings. The largest absolute Gasteiger partial charge is 0.495 e. The third-order valence-electron chi connectivity index (χ3n) is 3.37. The first-order valence-corrected chi connectivity index (χ1v) is 7.30. The number of methoxy groups -OCH3 is 1. The van der Waals surface area contributed by atoms with E-state index in [0.29, 0.717) is 5.92 Å². The Morgan fingerprint density at radius 1 is 1.32 bits per heavy atom. The normalized spacial score (nSPS) is 12.2. The summed E-state index contributed by atoms with van der Waals surface area (Å²) in [5.41, 5.74) is 6.84. The van der Waals surface area contributed by atoms with Gasteiger partial charge in [0.15, 0.2) is 0 Å². The highest BCUT2D eigenvalue weighted by molar-refractivity contribution is 5.58. The summed E-state index contributed by atoms with van der Waals surface area (Å²) in [6.07, 6.45) is 3.50. The molecule has 1 unspecified atom stereocenters. The SMILES string of the molecule is CCCC(C)CN(CCCN)c1ccccc1OC. The lowest BCUT2D eigenvalue weighted by Gasteiger charge is -2.29. The zero-order valence-electron chi connectivity index (χ0n) is 12.6. The highest BCUT2D eigenvalue weighted by Crippen LogP contribution is 2.28. The van der Waals surface area contributed by atoms with Crippen LogP contribution in [-0.4, -0.2) is 26.7 Å². The van der Waals surface area contributed by atoms with Crippen LogP contribution in [0.2, 0.25) is 0 Å². The first-order chi connectivity index (χ1) is 9.22. The second kappa shape index (κ2) is 8.81. The fourth-order valence-corrected chi connectivity index (χ4v) is 2.44. The van der Waals surface area contributed by atoms with Crippen LogP contribution in [0.5, 0.6) is 5.75 Å². The van der Waals surface area contributed by atoms with E-state index < -0.39 is 0 Å². The summed E-state index contributed by atoms with van der Waals surface area (Å²) >= 11 is 0. The topological polar surface area (TPSA) is 38.5 Å². The second-order valence-corrected chi connectivity index (χ2v) is 5.15. The molecule has 0 saturated carbocycles. The van der Waals surface area contributed by atoms with E-state index in [0.717, 1.165) is 31.8 Å². The monoisotopic (exact) mass is 264 g/mol. The third kappa shape index (κ3) is 5.11. The highest BCUT2D eigenvalue weighted by atomic mass is 16.5. The Bertz CT molecular complexity index is 354. The van der Waals surface area contributed by atoms with Gasteiger partial charge in [0.05, 0.1) is 12.8 Å². The predicted molar refractivity (Wildman–Crippen MR) is 83.0 cm³/mol. The van der Waals surface area contributed by atoms with Crippen molar-refractivity contribution in [3.8, 4) is 5.75 Å². The van der Waals surface area contributed by atoms with Crippen molar-refractivity contribution in [2.45, 2.75) is 33.1 Å². The van der Waals surface area contributed by atoms with E-state index in [-0.39, 0.29) is 0 Å². The van der Waals surface area contributed by atoms with Gasteiger partial charge in [-0.3, -0.25) is 0 Å². The predicted octanol–water partition coefficient (Wildman–Crippen LogP) is 3.29. The Hall–Kier alpha value is -1.22. The van der Waals surface area contributed by atoms with Crippen LogP contribution in [0.3, 0.4) is 0 Å². The van der Waals surface area contributed by atoms with Crippen LogP contribution in [-0.2, 0) is 0 Å². The van der Waals surface area contributed by atoms with Gasteiger partial charge in [-0.25, -0.2) is 0 Å². The van der Waals surface area contributed by atoms with Crippen LogP contribution in [0.1, 0.15) is 33.1 Å². The van der Waals surface area contributed by atoms with E-state index in [1.54, 1.807) is 7.11 Å².